The Bertz CT molecular complexity index is 112. The lowest BCUT2D eigenvalue weighted by Crippen LogP contribution is -2.45. The molecule has 0 saturated heterocycles. The lowest BCUT2D eigenvalue weighted by atomic mass is 10.1. The quantitative estimate of drug-likeness (QED) is 0.372. The van der Waals surface area contributed by atoms with Gasteiger partial charge in [-0.25, -0.2) is 0 Å². The lowest BCUT2D eigenvalue weighted by Gasteiger charge is -2.31. The van der Waals surface area contributed by atoms with Crippen LogP contribution in [0.25, 0.3) is 0 Å². The summed E-state index contributed by atoms with van der Waals surface area (Å²) in [5.74, 6) is 0.113. The average molecular weight is 129 g/mol. The van der Waals surface area contributed by atoms with E-state index in [4.69, 9.17) is 11.1 Å². The molecule has 0 aromatic heterocycles. The summed E-state index contributed by atoms with van der Waals surface area (Å²) in [6.45, 7) is 6.02. The van der Waals surface area contributed by atoms with Gasteiger partial charge in [-0.05, 0) is 20.8 Å². The summed E-state index contributed by atoms with van der Waals surface area (Å²) in [6.07, 6.45) is 0. The summed E-state index contributed by atoms with van der Waals surface area (Å²) in [4.78, 5) is 1.72. The molecule has 54 valence electrons. The second-order valence-electron chi connectivity index (χ2n) is 3.12. The monoisotopic (exact) mass is 129 g/mol. The van der Waals surface area contributed by atoms with E-state index in [-0.39, 0.29) is 11.5 Å². The number of nitrogens with two attached hydrogens (primary N) is 1. The van der Waals surface area contributed by atoms with Gasteiger partial charge in [0.05, 0.1) is 0 Å². The van der Waals surface area contributed by atoms with Gasteiger partial charge in [0.15, 0.2) is 5.96 Å². The molecular weight excluding hydrogens is 114 g/mol. The zero-order valence-corrected chi connectivity index (χ0v) is 6.52. The Hall–Kier alpha value is -0.730. The zero-order valence-electron chi connectivity index (χ0n) is 6.52. The zero-order chi connectivity index (χ0) is 7.65. The first-order valence-electron chi connectivity index (χ1n) is 2.93. The van der Waals surface area contributed by atoms with Crippen molar-refractivity contribution in [3.8, 4) is 0 Å². The van der Waals surface area contributed by atoms with Gasteiger partial charge in [-0.2, -0.15) is 0 Å². The van der Waals surface area contributed by atoms with Crippen molar-refractivity contribution >= 4 is 5.96 Å². The third-order valence-corrected chi connectivity index (χ3v) is 1.37. The first-order valence-corrected chi connectivity index (χ1v) is 2.93. The van der Waals surface area contributed by atoms with Crippen LogP contribution in [0.5, 0.6) is 0 Å². The van der Waals surface area contributed by atoms with Crippen molar-refractivity contribution in [2.45, 2.75) is 26.3 Å². The van der Waals surface area contributed by atoms with E-state index in [1.165, 1.54) is 0 Å². The molecule has 0 aliphatic carbocycles. The smallest absolute Gasteiger partial charge is 0.188 e. The molecule has 0 atom stereocenters. The summed E-state index contributed by atoms with van der Waals surface area (Å²) in [5, 5.41) is 7.06. The van der Waals surface area contributed by atoms with Gasteiger partial charge in [0.2, 0.25) is 0 Å². The number of nitrogens with zero attached hydrogens (tertiary/aromatic N) is 1. The van der Waals surface area contributed by atoms with Crippen molar-refractivity contribution in [3.63, 3.8) is 0 Å². The molecule has 3 heteroatoms. The van der Waals surface area contributed by atoms with Gasteiger partial charge in [-0.1, -0.05) is 0 Å². The van der Waals surface area contributed by atoms with E-state index < -0.39 is 0 Å². The maximum Gasteiger partial charge on any atom is 0.188 e. The molecule has 0 saturated carbocycles. The third kappa shape index (κ3) is 2.35. The molecule has 3 nitrogen and oxygen atoms in total. The molecule has 0 heterocycles. The second-order valence-corrected chi connectivity index (χ2v) is 3.12. The number of hydrogen-bond donors (Lipinski definition) is 2. The summed E-state index contributed by atoms with van der Waals surface area (Å²) in [5.41, 5.74) is 5.20. The highest BCUT2D eigenvalue weighted by atomic mass is 15.2. The van der Waals surface area contributed by atoms with Gasteiger partial charge >= 0.3 is 0 Å². The van der Waals surface area contributed by atoms with E-state index in [0.717, 1.165) is 0 Å². The van der Waals surface area contributed by atoms with Crippen LogP contribution < -0.4 is 5.73 Å². The maximum absolute atomic E-state index is 7.06. The largest absolute Gasteiger partial charge is 0.370 e. The van der Waals surface area contributed by atoms with Crippen LogP contribution in [0, 0.1) is 5.41 Å². The van der Waals surface area contributed by atoms with E-state index in [1.807, 2.05) is 27.8 Å². The number of guanidine groups is 1. The van der Waals surface area contributed by atoms with E-state index in [2.05, 4.69) is 0 Å². The Morgan fingerprint density at radius 1 is 1.44 bits per heavy atom. The number of rotatable bonds is 0. The highest BCUT2D eigenvalue weighted by Crippen LogP contribution is 2.08. The Labute approximate surface area is 56.3 Å². The Morgan fingerprint density at radius 2 is 1.78 bits per heavy atom. The van der Waals surface area contributed by atoms with E-state index in [0.29, 0.717) is 0 Å². The van der Waals surface area contributed by atoms with Crippen LogP contribution in [-0.4, -0.2) is 23.4 Å². The topological polar surface area (TPSA) is 53.1 Å². The fourth-order valence-corrected chi connectivity index (χ4v) is 0.361. The van der Waals surface area contributed by atoms with E-state index in [1.54, 1.807) is 4.90 Å². The fourth-order valence-electron chi connectivity index (χ4n) is 0.361. The molecule has 0 radical (unpaired) electrons. The predicted molar refractivity (Wildman–Crippen MR) is 39.4 cm³/mol. The molecule has 0 fully saturated rings. The average Bonchev–Trinajstić information content (AvgIpc) is 1.62. The molecule has 3 N–H and O–H groups in total. The molecule has 0 amide bonds. The summed E-state index contributed by atoms with van der Waals surface area (Å²) >= 11 is 0. The van der Waals surface area contributed by atoms with Crippen molar-refractivity contribution in [1.82, 2.24) is 4.90 Å². The Morgan fingerprint density at radius 3 is 1.78 bits per heavy atom. The van der Waals surface area contributed by atoms with Crippen LogP contribution in [0.2, 0.25) is 0 Å². The van der Waals surface area contributed by atoms with Crippen LogP contribution in [0.1, 0.15) is 20.8 Å². The van der Waals surface area contributed by atoms with Crippen molar-refractivity contribution in [1.29, 1.82) is 5.41 Å². The molecule has 0 unspecified atom stereocenters. The highest BCUT2D eigenvalue weighted by molar-refractivity contribution is 5.74. The van der Waals surface area contributed by atoms with Gasteiger partial charge in [-0.15, -0.1) is 0 Å². The Balaban J connectivity index is 4.04. The SMILES string of the molecule is CN(C(=N)N)C(C)(C)C. The first-order chi connectivity index (χ1) is 3.85. The van der Waals surface area contributed by atoms with Crippen LogP contribution in [-0.2, 0) is 0 Å². The van der Waals surface area contributed by atoms with Gasteiger partial charge in [0, 0.05) is 12.6 Å². The van der Waals surface area contributed by atoms with Gasteiger partial charge in [-0.3, -0.25) is 5.41 Å². The van der Waals surface area contributed by atoms with Crippen LogP contribution in [0.4, 0.5) is 0 Å². The lowest BCUT2D eigenvalue weighted by molar-refractivity contribution is 0.277. The standard InChI is InChI=1S/C6H15N3/c1-6(2,3)9(4)5(7)8/h1-4H3,(H3,7,8). The van der Waals surface area contributed by atoms with Gasteiger partial charge in [0.25, 0.3) is 0 Å². The van der Waals surface area contributed by atoms with Crippen LogP contribution in [0.3, 0.4) is 0 Å². The number of nitrogens with one attached hydrogen (secondary N) is 1. The molecule has 0 spiro atoms. The van der Waals surface area contributed by atoms with E-state index in [9.17, 15) is 0 Å². The molecule has 0 aromatic rings. The molecule has 0 rings (SSSR count). The molecule has 0 aromatic carbocycles. The summed E-state index contributed by atoms with van der Waals surface area (Å²) < 4.78 is 0. The minimum atomic E-state index is -0.0359. The van der Waals surface area contributed by atoms with Crippen molar-refractivity contribution in [3.05, 3.63) is 0 Å². The Kier molecular flexibility index (Phi) is 2.07. The second kappa shape index (κ2) is 2.25. The number of hydrogen-bond acceptors (Lipinski definition) is 1. The molecule has 9 heavy (non-hydrogen) atoms. The first kappa shape index (κ1) is 8.27. The van der Waals surface area contributed by atoms with Crippen molar-refractivity contribution in [2.24, 2.45) is 5.73 Å². The third-order valence-electron chi connectivity index (χ3n) is 1.37. The minimum Gasteiger partial charge on any atom is -0.370 e. The fraction of sp³-hybridized carbons (Fsp3) is 0.833. The normalized spacial score (nSPS) is 11.1. The molecule has 0 bridgehead atoms. The van der Waals surface area contributed by atoms with E-state index >= 15 is 0 Å². The molecule has 0 aliphatic rings. The molecule has 0 aliphatic heterocycles. The van der Waals surface area contributed by atoms with Crippen molar-refractivity contribution < 1.29 is 0 Å². The molecular formula is C6H15N3. The van der Waals surface area contributed by atoms with Gasteiger partial charge < -0.3 is 10.6 Å². The summed E-state index contributed by atoms with van der Waals surface area (Å²) in [7, 11) is 1.81. The van der Waals surface area contributed by atoms with Crippen LogP contribution >= 0.6 is 0 Å². The van der Waals surface area contributed by atoms with Crippen molar-refractivity contribution in [2.75, 3.05) is 7.05 Å². The summed E-state index contributed by atoms with van der Waals surface area (Å²) in [6, 6.07) is 0. The highest BCUT2D eigenvalue weighted by Gasteiger charge is 2.16. The van der Waals surface area contributed by atoms with Gasteiger partial charge in [0.1, 0.15) is 0 Å². The van der Waals surface area contributed by atoms with Crippen LogP contribution in [0.15, 0.2) is 0 Å². The minimum absolute atomic E-state index is 0.0359. The predicted octanol–water partition coefficient (Wildman–Crippen LogP) is 0.610. The maximum atomic E-state index is 7.06.